The first kappa shape index (κ1) is 31.8. The number of rotatable bonds is 13. The molecule has 7 nitrogen and oxygen atoms in total. The maximum absolute atomic E-state index is 14.3. The van der Waals surface area contributed by atoms with Gasteiger partial charge in [0, 0.05) is 40.5 Å². The van der Waals surface area contributed by atoms with Gasteiger partial charge in [0.2, 0.25) is 5.90 Å². The molecule has 0 spiro atoms. The van der Waals surface area contributed by atoms with E-state index in [0.717, 1.165) is 25.6 Å². The molecule has 10 heteroatoms. The van der Waals surface area contributed by atoms with Crippen LogP contribution in [-0.2, 0) is 22.4 Å². The lowest BCUT2D eigenvalue weighted by molar-refractivity contribution is -0.130. The topological polar surface area (TPSA) is 92.2 Å². The molecule has 1 aliphatic rings. The highest BCUT2D eigenvalue weighted by Gasteiger charge is 2.53. The molecule has 5 rings (SSSR count). The van der Waals surface area contributed by atoms with E-state index in [-0.39, 0.29) is 24.8 Å². The summed E-state index contributed by atoms with van der Waals surface area (Å²) < 4.78 is 27.3. The van der Waals surface area contributed by atoms with E-state index in [9.17, 15) is 9.18 Å². The summed E-state index contributed by atoms with van der Waals surface area (Å²) in [5, 5.41) is 9.04. The maximum Gasteiger partial charge on any atom is 0.266 e. The summed E-state index contributed by atoms with van der Waals surface area (Å²) in [6.45, 7) is 0.895. The molecular formula is C34H32Br2FN3O4. The average Bonchev–Trinajstić information content (AvgIpc) is 3.42. The SMILES string of the molecule is O=C(NNCCc1ccc(F)cc1)[C@@]1(Cc2ccccc2Br)N=C(c2ccc(OCCCO)cc2)O[C@H]1c1ccc(Br)cc1. The van der Waals surface area contributed by atoms with E-state index in [0.29, 0.717) is 43.2 Å². The number of carbonyl (C=O) groups is 1. The Morgan fingerprint density at radius 2 is 1.70 bits per heavy atom. The molecule has 0 aliphatic carbocycles. The second kappa shape index (κ2) is 14.9. The number of hydrogen-bond acceptors (Lipinski definition) is 6. The van der Waals surface area contributed by atoms with Crippen molar-refractivity contribution < 1.29 is 23.8 Å². The molecule has 0 saturated carbocycles. The average molecular weight is 725 g/mol. The van der Waals surface area contributed by atoms with Crippen LogP contribution in [0.1, 0.15) is 34.8 Å². The summed E-state index contributed by atoms with van der Waals surface area (Å²) >= 11 is 7.16. The van der Waals surface area contributed by atoms with Crippen LogP contribution in [0.5, 0.6) is 5.75 Å². The zero-order valence-corrected chi connectivity index (χ0v) is 27.0. The van der Waals surface area contributed by atoms with Gasteiger partial charge in [0.1, 0.15) is 11.6 Å². The predicted molar refractivity (Wildman–Crippen MR) is 175 cm³/mol. The highest BCUT2D eigenvalue weighted by molar-refractivity contribution is 9.10. The predicted octanol–water partition coefficient (Wildman–Crippen LogP) is 6.48. The van der Waals surface area contributed by atoms with Crippen LogP contribution in [0.2, 0.25) is 0 Å². The lowest BCUT2D eigenvalue weighted by Crippen LogP contribution is -2.54. The van der Waals surface area contributed by atoms with Crippen molar-refractivity contribution in [3.63, 3.8) is 0 Å². The minimum absolute atomic E-state index is 0.0585. The van der Waals surface area contributed by atoms with E-state index in [1.807, 2.05) is 72.8 Å². The molecule has 4 aromatic carbocycles. The summed E-state index contributed by atoms with van der Waals surface area (Å²) in [6.07, 6.45) is 0.645. The molecule has 0 aromatic heterocycles. The number of hydrogen-bond donors (Lipinski definition) is 3. The first-order valence-electron chi connectivity index (χ1n) is 14.3. The van der Waals surface area contributed by atoms with Crippen LogP contribution in [0.15, 0.2) is 111 Å². The molecular weight excluding hydrogens is 693 g/mol. The highest BCUT2D eigenvalue weighted by atomic mass is 79.9. The van der Waals surface area contributed by atoms with Crippen LogP contribution in [0.3, 0.4) is 0 Å². The summed E-state index contributed by atoms with van der Waals surface area (Å²) in [5.74, 6) is 0.363. The van der Waals surface area contributed by atoms with Crippen molar-refractivity contribution >= 4 is 43.7 Å². The minimum Gasteiger partial charge on any atom is -0.494 e. The molecule has 2 atom stereocenters. The first-order chi connectivity index (χ1) is 21.4. The Morgan fingerprint density at radius 3 is 2.41 bits per heavy atom. The van der Waals surface area contributed by atoms with Crippen LogP contribution >= 0.6 is 31.9 Å². The molecule has 0 saturated heterocycles. The molecule has 3 N–H and O–H groups in total. The number of hydrazine groups is 1. The number of amides is 1. The Kier molecular flexibility index (Phi) is 10.8. The Bertz CT molecular complexity index is 1580. The van der Waals surface area contributed by atoms with Crippen LogP contribution < -0.4 is 15.6 Å². The summed E-state index contributed by atoms with van der Waals surface area (Å²) in [4.78, 5) is 19.3. The molecule has 0 bridgehead atoms. The fourth-order valence-corrected chi connectivity index (χ4v) is 5.65. The number of aliphatic imine (C=N–C) groups is 1. The van der Waals surface area contributed by atoms with E-state index >= 15 is 0 Å². The number of halogens is 3. The third-order valence-corrected chi connectivity index (χ3v) is 8.58. The van der Waals surface area contributed by atoms with Gasteiger partial charge < -0.3 is 14.6 Å². The third-order valence-electron chi connectivity index (χ3n) is 7.27. The smallest absolute Gasteiger partial charge is 0.266 e. The van der Waals surface area contributed by atoms with Gasteiger partial charge in [-0.3, -0.25) is 10.2 Å². The zero-order chi connectivity index (χ0) is 30.9. The van der Waals surface area contributed by atoms with Crippen molar-refractivity contribution in [2.45, 2.75) is 30.9 Å². The molecule has 1 heterocycles. The van der Waals surface area contributed by atoms with Gasteiger partial charge in [-0.2, -0.15) is 0 Å². The Hall–Kier alpha value is -3.57. The molecule has 4 aromatic rings. The molecule has 0 fully saturated rings. The number of carbonyl (C=O) groups excluding carboxylic acids is 1. The highest BCUT2D eigenvalue weighted by Crippen LogP contribution is 2.43. The van der Waals surface area contributed by atoms with Crippen molar-refractivity contribution in [3.05, 3.63) is 134 Å². The second-order valence-electron chi connectivity index (χ2n) is 10.4. The van der Waals surface area contributed by atoms with Gasteiger partial charge >= 0.3 is 0 Å². The number of nitrogens with one attached hydrogen (secondary N) is 2. The van der Waals surface area contributed by atoms with Gasteiger partial charge in [-0.25, -0.2) is 14.8 Å². The fourth-order valence-electron chi connectivity index (χ4n) is 4.96. The van der Waals surface area contributed by atoms with Gasteiger partial charge in [-0.05, 0) is 77.7 Å². The summed E-state index contributed by atoms with van der Waals surface area (Å²) in [6, 6.07) is 29.0. The molecule has 228 valence electrons. The Labute approximate surface area is 272 Å². The minimum atomic E-state index is -1.37. The number of aliphatic hydroxyl groups excluding tert-OH is 1. The van der Waals surface area contributed by atoms with Crippen LogP contribution in [-0.4, -0.2) is 42.2 Å². The molecule has 44 heavy (non-hydrogen) atoms. The lowest BCUT2D eigenvalue weighted by Gasteiger charge is -2.31. The zero-order valence-electron chi connectivity index (χ0n) is 23.8. The fraction of sp³-hybridized carbons (Fsp3) is 0.235. The van der Waals surface area contributed by atoms with Crippen LogP contribution in [0.25, 0.3) is 0 Å². The largest absolute Gasteiger partial charge is 0.494 e. The monoisotopic (exact) mass is 723 g/mol. The molecule has 1 amide bonds. The Balaban J connectivity index is 1.47. The maximum atomic E-state index is 14.3. The van der Waals surface area contributed by atoms with Crippen molar-refractivity contribution in [2.75, 3.05) is 19.8 Å². The van der Waals surface area contributed by atoms with Gasteiger partial charge in [0.05, 0.1) is 6.61 Å². The van der Waals surface area contributed by atoms with E-state index in [1.165, 1.54) is 12.1 Å². The summed E-state index contributed by atoms with van der Waals surface area (Å²) in [7, 11) is 0. The van der Waals surface area contributed by atoms with E-state index in [1.54, 1.807) is 12.1 Å². The molecule has 0 radical (unpaired) electrons. The standard InChI is InChI=1S/C34H32Br2FN3O4/c35-27-12-8-24(9-13-27)31-34(22-26-4-1-2-5-30(26)36,33(42)40-38-19-18-23-6-14-28(37)15-7-23)39-32(44-31)25-10-16-29(17-11-25)43-21-3-20-41/h1-2,4-17,31,38,41H,3,18-22H2,(H,40,42)/t31-,34-/m0/s1. The quantitative estimate of drug-likeness (QED) is 0.109. The second-order valence-corrected chi connectivity index (χ2v) is 12.1. The third kappa shape index (κ3) is 7.74. The van der Waals surface area contributed by atoms with E-state index in [4.69, 9.17) is 19.6 Å². The number of benzene rings is 4. The Morgan fingerprint density at radius 1 is 0.977 bits per heavy atom. The van der Waals surface area contributed by atoms with Gasteiger partial charge in [-0.15, -0.1) is 0 Å². The van der Waals surface area contributed by atoms with Crippen molar-refractivity contribution in [1.82, 2.24) is 10.9 Å². The molecule has 0 unspecified atom stereocenters. The number of nitrogens with zero attached hydrogens (tertiary/aromatic N) is 1. The molecule has 1 aliphatic heterocycles. The van der Waals surface area contributed by atoms with Gasteiger partial charge in [0.25, 0.3) is 5.91 Å². The van der Waals surface area contributed by atoms with E-state index in [2.05, 4.69) is 42.7 Å². The van der Waals surface area contributed by atoms with E-state index < -0.39 is 11.6 Å². The number of ether oxygens (including phenoxy) is 2. The summed E-state index contributed by atoms with van der Waals surface area (Å²) in [5.41, 5.74) is 7.91. The van der Waals surface area contributed by atoms with Crippen molar-refractivity contribution in [3.8, 4) is 5.75 Å². The van der Waals surface area contributed by atoms with Crippen molar-refractivity contribution in [1.29, 1.82) is 0 Å². The lowest BCUT2D eigenvalue weighted by atomic mass is 9.82. The normalized spacial score (nSPS) is 17.5. The van der Waals surface area contributed by atoms with Gasteiger partial charge in [0.15, 0.2) is 11.6 Å². The first-order valence-corrected chi connectivity index (χ1v) is 15.8. The van der Waals surface area contributed by atoms with Crippen LogP contribution in [0, 0.1) is 5.82 Å². The van der Waals surface area contributed by atoms with Crippen molar-refractivity contribution in [2.24, 2.45) is 4.99 Å². The van der Waals surface area contributed by atoms with Gasteiger partial charge in [-0.1, -0.05) is 74.3 Å². The van der Waals surface area contributed by atoms with Crippen LogP contribution in [0.4, 0.5) is 4.39 Å². The number of aliphatic hydroxyl groups is 1.